The number of nitrogens with one attached hydrogen (secondary N) is 1. The van der Waals surface area contributed by atoms with Crippen LogP contribution >= 0.6 is 0 Å². The van der Waals surface area contributed by atoms with Crippen molar-refractivity contribution in [3.05, 3.63) is 78.0 Å². The molecule has 0 fully saturated rings. The number of benzene rings is 2. The summed E-state index contributed by atoms with van der Waals surface area (Å²) in [5.41, 5.74) is 3.58. The topological polar surface area (TPSA) is 36.1 Å². The van der Waals surface area contributed by atoms with Gasteiger partial charge >= 0.3 is 0 Å². The zero-order chi connectivity index (χ0) is 18.9. The maximum Gasteiger partial charge on any atom is 0.222 e. The molecule has 0 radical (unpaired) electrons. The molecule has 0 saturated carbocycles. The molecule has 3 rings (SSSR count). The molecule has 0 spiro atoms. The minimum atomic E-state index is 0.245. The van der Waals surface area contributed by atoms with Crippen molar-refractivity contribution in [2.75, 3.05) is 13.1 Å². The quantitative estimate of drug-likeness (QED) is 0.542. The Kier molecular flexibility index (Phi) is 6.86. The van der Waals surface area contributed by atoms with Gasteiger partial charge in [-0.1, -0.05) is 74.0 Å². The number of amides is 1. The number of hydrogen-bond donors (Lipinski definition) is 1. The molecule has 0 aliphatic carbocycles. The van der Waals surface area contributed by atoms with E-state index in [0.717, 1.165) is 36.9 Å². The van der Waals surface area contributed by atoms with Crippen LogP contribution in [0.25, 0.3) is 17.0 Å². The van der Waals surface area contributed by atoms with Gasteiger partial charge in [-0.15, -0.1) is 0 Å². The van der Waals surface area contributed by atoms with E-state index in [1.807, 2.05) is 29.2 Å². The van der Waals surface area contributed by atoms with Crippen molar-refractivity contribution in [1.29, 1.82) is 0 Å². The van der Waals surface area contributed by atoms with Gasteiger partial charge in [0.25, 0.3) is 0 Å². The highest BCUT2D eigenvalue weighted by Gasteiger charge is 2.13. The van der Waals surface area contributed by atoms with Crippen molar-refractivity contribution in [2.24, 2.45) is 0 Å². The average Bonchev–Trinajstić information content (AvgIpc) is 3.12. The minimum Gasteiger partial charge on any atom is -0.361 e. The number of fused-ring (bicyclic) bond motifs is 1. The third-order valence-corrected chi connectivity index (χ3v) is 4.86. The van der Waals surface area contributed by atoms with Crippen LogP contribution in [0, 0.1) is 0 Å². The Morgan fingerprint density at radius 2 is 1.85 bits per heavy atom. The molecule has 27 heavy (non-hydrogen) atoms. The predicted octanol–water partition coefficient (Wildman–Crippen LogP) is 5.44. The molecule has 3 nitrogen and oxygen atoms in total. The van der Waals surface area contributed by atoms with Crippen molar-refractivity contribution in [3.63, 3.8) is 0 Å². The van der Waals surface area contributed by atoms with Crippen LogP contribution in [-0.4, -0.2) is 28.9 Å². The number of aromatic nitrogens is 1. The van der Waals surface area contributed by atoms with Gasteiger partial charge in [0.15, 0.2) is 0 Å². The number of para-hydroxylation sites is 1. The molecule has 2 aromatic carbocycles. The number of carbonyl (C=O) groups is 1. The van der Waals surface area contributed by atoms with Gasteiger partial charge < -0.3 is 9.88 Å². The molecule has 0 bridgehead atoms. The first-order valence-electron chi connectivity index (χ1n) is 9.82. The second kappa shape index (κ2) is 9.77. The number of nitrogens with zero attached hydrogens (tertiary/aromatic N) is 1. The lowest BCUT2D eigenvalue weighted by Crippen LogP contribution is -2.32. The van der Waals surface area contributed by atoms with E-state index in [4.69, 9.17) is 0 Å². The van der Waals surface area contributed by atoms with Gasteiger partial charge in [0.1, 0.15) is 0 Å². The second-order valence-corrected chi connectivity index (χ2v) is 6.87. The summed E-state index contributed by atoms with van der Waals surface area (Å²) in [5, 5.41) is 1.25. The Bertz CT molecular complexity index is 880. The molecule has 0 aliphatic rings. The predicted molar refractivity (Wildman–Crippen MR) is 114 cm³/mol. The lowest BCUT2D eigenvalue weighted by atomic mass is 10.1. The molecular formula is C24H28N2O. The van der Waals surface area contributed by atoms with Gasteiger partial charge in [0.2, 0.25) is 5.91 Å². The van der Waals surface area contributed by atoms with E-state index < -0.39 is 0 Å². The Labute approximate surface area is 161 Å². The zero-order valence-corrected chi connectivity index (χ0v) is 16.0. The normalized spacial score (nSPS) is 11.3. The van der Waals surface area contributed by atoms with Crippen LogP contribution in [0.5, 0.6) is 0 Å². The first-order chi connectivity index (χ1) is 13.3. The number of unbranched alkanes of at least 4 members (excludes halogenated alkanes) is 1. The highest BCUT2D eigenvalue weighted by molar-refractivity contribution is 5.83. The third kappa shape index (κ3) is 5.33. The van der Waals surface area contributed by atoms with E-state index in [-0.39, 0.29) is 5.91 Å². The van der Waals surface area contributed by atoms with E-state index in [2.05, 4.69) is 60.6 Å². The Balaban J connectivity index is 1.65. The lowest BCUT2D eigenvalue weighted by molar-refractivity contribution is -0.130. The fraction of sp³-hybridized carbons (Fsp3) is 0.292. The standard InChI is InChI=1S/C24H28N2O/c1-2-3-15-24(27)26(17-9-12-20-10-5-4-6-11-20)18-16-21-19-25-23-14-8-7-13-22(21)23/h4-14,19,25H,2-3,15-18H2,1H3/b12-9+. The van der Waals surface area contributed by atoms with Gasteiger partial charge in [0, 0.05) is 36.6 Å². The van der Waals surface area contributed by atoms with Crippen LogP contribution in [0.3, 0.4) is 0 Å². The first-order valence-corrected chi connectivity index (χ1v) is 9.82. The Morgan fingerprint density at radius 1 is 1.07 bits per heavy atom. The molecule has 0 unspecified atom stereocenters. The van der Waals surface area contributed by atoms with Gasteiger partial charge in [-0.25, -0.2) is 0 Å². The van der Waals surface area contributed by atoms with Crippen LogP contribution in [-0.2, 0) is 11.2 Å². The fourth-order valence-corrected chi connectivity index (χ4v) is 3.28. The third-order valence-electron chi connectivity index (χ3n) is 4.86. The summed E-state index contributed by atoms with van der Waals surface area (Å²) in [6.07, 6.45) is 9.73. The van der Waals surface area contributed by atoms with E-state index in [9.17, 15) is 4.79 Å². The molecule has 1 amide bonds. The molecule has 3 heteroatoms. The molecule has 0 atom stereocenters. The average molecular weight is 361 g/mol. The number of carbonyl (C=O) groups excluding carboxylic acids is 1. The Morgan fingerprint density at radius 3 is 2.67 bits per heavy atom. The number of hydrogen-bond acceptors (Lipinski definition) is 1. The zero-order valence-electron chi connectivity index (χ0n) is 16.0. The molecule has 140 valence electrons. The monoisotopic (exact) mass is 360 g/mol. The van der Waals surface area contributed by atoms with Crippen LogP contribution < -0.4 is 0 Å². The van der Waals surface area contributed by atoms with Crippen LogP contribution in [0.15, 0.2) is 66.9 Å². The number of rotatable bonds is 9. The van der Waals surface area contributed by atoms with Crippen molar-refractivity contribution in [1.82, 2.24) is 9.88 Å². The molecule has 1 heterocycles. The highest BCUT2D eigenvalue weighted by Crippen LogP contribution is 2.18. The van der Waals surface area contributed by atoms with Crippen molar-refractivity contribution >= 4 is 22.9 Å². The van der Waals surface area contributed by atoms with E-state index in [1.165, 1.54) is 10.9 Å². The smallest absolute Gasteiger partial charge is 0.222 e. The van der Waals surface area contributed by atoms with Crippen LogP contribution in [0.1, 0.15) is 37.3 Å². The van der Waals surface area contributed by atoms with Crippen LogP contribution in [0.2, 0.25) is 0 Å². The summed E-state index contributed by atoms with van der Waals surface area (Å²) in [6.45, 7) is 3.52. The minimum absolute atomic E-state index is 0.245. The van der Waals surface area contributed by atoms with E-state index >= 15 is 0 Å². The molecular weight excluding hydrogens is 332 g/mol. The maximum absolute atomic E-state index is 12.7. The summed E-state index contributed by atoms with van der Waals surface area (Å²) >= 11 is 0. The van der Waals surface area contributed by atoms with E-state index in [0.29, 0.717) is 13.0 Å². The van der Waals surface area contributed by atoms with Crippen LogP contribution in [0.4, 0.5) is 0 Å². The molecule has 0 saturated heterocycles. The van der Waals surface area contributed by atoms with Crippen molar-refractivity contribution in [3.8, 4) is 0 Å². The molecule has 0 aliphatic heterocycles. The van der Waals surface area contributed by atoms with Crippen molar-refractivity contribution in [2.45, 2.75) is 32.6 Å². The second-order valence-electron chi connectivity index (χ2n) is 6.87. The summed E-state index contributed by atoms with van der Waals surface area (Å²) in [6, 6.07) is 18.5. The van der Waals surface area contributed by atoms with E-state index in [1.54, 1.807) is 0 Å². The van der Waals surface area contributed by atoms with Crippen molar-refractivity contribution < 1.29 is 4.79 Å². The molecule has 1 N–H and O–H groups in total. The number of H-pyrrole nitrogens is 1. The molecule has 3 aromatic rings. The largest absolute Gasteiger partial charge is 0.361 e. The maximum atomic E-state index is 12.7. The molecule has 1 aromatic heterocycles. The van der Waals surface area contributed by atoms with Gasteiger partial charge in [-0.2, -0.15) is 0 Å². The Hall–Kier alpha value is -2.81. The summed E-state index contributed by atoms with van der Waals surface area (Å²) in [5.74, 6) is 0.245. The van der Waals surface area contributed by atoms with Gasteiger partial charge in [-0.05, 0) is 30.0 Å². The summed E-state index contributed by atoms with van der Waals surface area (Å²) < 4.78 is 0. The highest BCUT2D eigenvalue weighted by atomic mass is 16.2. The fourth-order valence-electron chi connectivity index (χ4n) is 3.28. The number of aromatic amines is 1. The first kappa shape index (κ1) is 19.0. The SMILES string of the molecule is CCCCC(=O)N(C/C=C/c1ccccc1)CCc1c[nH]c2ccccc12. The summed E-state index contributed by atoms with van der Waals surface area (Å²) in [4.78, 5) is 18.0. The van der Waals surface area contributed by atoms with Gasteiger partial charge in [-0.3, -0.25) is 4.79 Å². The summed E-state index contributed by atoms with van der Waals surface area (Å²) in [7, 11) is 0. The lowest BCUT2D eigenvalue weighted by Gasteiger charge is -2.21. The van der Waals surface area contributed by atoms with Gasteiger partial charge in [0.05, 0.1) is 0 Å².